The molecule has 0 radical (unpaired) electrons. The lowest BCUT2D eigenvalue weighted by molar-refractivity contribution is 0.0691. The molecule has 0 saturated carbocycles. The summed E-state index contributed by atoms with van der Waals surface area (Å²) in [5.41, 5.74) is 1.10. The molecule has 0 saturated heterocycles. The molecule has 0 fully saturated rings. The molecule has 0 aliphatic carbocycles. The molecule has 104 valence electrons. The van der Waals surface area contributed by atoms with Crippen molar-refractivity contribution in [3.05, 3.63) is 29.3 Å². The highest BCUT2D eigenvalue weighted by Crippen LogP contribution is 2.35. The van der Waals surface area contributed by atoms with Crippen LogP contribution in [0, 0.1) is 0 Å². The lowest BCUT2D eigenvalue weighted by atomic mass is 10.1. The van der Waals surface area contributed by atoms with E-state index >= 15 is 0 Å². The Balaban J connectivity index is 3.17. The van der Waals surface area contributed by atoms with E-state index in [1.165, 1.54) is 20.3 Å². The number of carbonyl (C=O) groups is 1. The second-order valence-corrected chi connectivity index (χ2v) is 4.10. The summed E-state index contributed by atoms with van der Waals surface area (Å²) < 4.78 is 15.7. The van der Waals surface area contributed by atoms with Gasteiger partial charge in [-0.15, -0.1) is 0 Å². The SMILES string of the molecule is COc1cc(OC)c(OCC=C(C)C)c(C(=O)O)c1. The van der Waals surface area contributed by atoms with Crippen molar-refractivity contribution >= 4 is 5.97 Å². The van der Waals surface area contributed by atoms with Crippen molar-refractivity contribution < 1.29 is 24.1 Å². The highest BCUT2D eigenvalue weighted by molar-refractivity contribution is 5.92. The van der Waals surface area contributed by atoms with Crippen LogP contribution in [0.3, 0.4) is 0 Å². The number of benzene rings is 1. The lowest BCUT2D eigenvalue weighted by Crippen LogP contribution is -2.06. The van der Waals surface area contributed by atoms with Gasteiger partial charge >= 0.3 is 5.97 Å². The summed E-state index contributed by atoms with van der Waals surface area (Å²) in [6, 6.07) is 2.99. The van der Waals surface area contributed by atoms with E-state index in [0.29, 0.717) is 11.5 Å². The zero-order chi connectivity index (χ0) is 14.4. The molecule has 5 heteroatoms. The van der Waals surface area contributed by atoms with Gasteiger partial charge in [0.1, 0.15) is 17.9 Å². The number of methoxy groups -OCH3 is 2. The number of hydrogen-bond acceptors (Lipinski definition) is 4. The molecule has 0 spiro atoms. The van der Waals surface area contributed by atoms with Crippen LogP contribution < -0.4 is 14.2 Å². The zero-order valence-electron chi connectivity index (χ0n) is 11.5. The second-order valence-electron chi connectivity index (χ2n) is 4.10. The fourth-order valence-corrected chi connectivity index (χ4v) is 1.45. The first kappa shape index (κ1) is 14.9. The Morgan fingerprint density at radius 2 is 1.95 bits per heavy atom. The predicted molar refractivity (Wildman–Crippen MR) is 71.4 cm³/mol. The van der Waals surface area contributed by atoms with Crippen LogP contribution in [0.1, 0.15) is 24.2 Å². The summed E-state index contributed by atoms with van der Waals surface area (Å²) in [7, 11) is 2.91. The van der Waals surface area contributed by atoms with Gasteiger partial charge in [-0.1, -0.05) is 5.57 Å². The normalized spacial score (nSPS) is 9.68. The largest absolute Gasteiger partial charge is 0.497 e. The fraction of sp³-hybridized carbons (Fsp3) is 0.357. The maximum absolute atomic E-state index is 11.2. The Morgan fingerprint density at radius 1 is 1.26 bits per heavy atom. The standard InChI is InChI=1S/C14H18O5/c1-9(2)5-6-19-13-11(14(15)16)7-10(17-3)8-12(13)18-4/h5,7-8H,6H2,1-4H3,(H,15,16). The first-order valence-corrected chi connectivity index (χ1v) is 5.75. The quantitative estimate of drug-likeness (QED) is 0.802. The number of carboxylic acids is 1. The van der Waals surface area contributed by atoms with Crippen LogP contribution in [0.2, 0.25) is 0 Å². The van der Waals surface area contributed by atoms with Crippen molar-refractivity contribution in [2.45, 2.75) is 13.8 Å². The predicted octanol–water partition coefficient (Wildman–Crippen LogP) is 2.75. The minimum Gasteiger partial charge on any atom is -0.497 e. The molecule has 1 aromatic rings. The van der Waals surface area contributed by atoms with Crippen molar-refractivity contribution in [1.82, 2.24) is 0 Å². The van der Waals surface area contributed by atoms with Gasteiger partial charge in [0.25, 0.3) is 0 Å². The lowest BCUT2D eigenvalue weighted by Gasteiger charge is -2.14. The van der Waals surface area contributed by atoms with Gasteiger partial charge in [-0.2, -0.15) is 0 Å². The Hall–Kier alpha value is -2.17. The van der Waals surface area contributed by atoms with E-state index < -0.39 is 5.97 Å². The van der Waals surface area contributed by atoms with Crippen molar-refractivity contribution in [2.24, 2.45) is 0 Å². The van der Waals surface area contributed by atoms with E-state index in [1.807, 2.05) is 19.9 Å². The van der Waals surface area contributed by atoms with E-state index in [2.05, 4.69) is 0 Å². The molecule has 1 aromatic carbocycles. The average molecular weight is 266 g/mol. The molecule has 0 unspecified atom stereocenters. The average Bonchev–Trinajstić information content (AvgIpc) is 2.37. The third-order valence-corrected chi connectivity index (χ3v) is 2.43. The number of allylic oxidation sites excluding steroid dienone is 1. The molecule has 19 heavy (non-hydrogen) atoms. The van der Waals surface area contributed by atoms with Crippen LogP contribution >= 0.6 is 0 Å². The smallest absolute Gasteiger partial charge is 0.339 e. The van der Waals surface area contributed by atoms with Crippen LogP contribution in [0.5, 0.6) is 17.2 Å². The summed E-state index contributed by atoms with van der Waals surface area (Å²) in [5, 5.41) is 9.21. The Bertz CT molecular complexity index is 487. The topological polar surface area (TPSA) is 65.0 Å². The van der Waals surface area contributed by atoms with E-state index in [1.54, 1.807) is 6.07 Å². The van der Waals surface area contributed by atoms with Gasteiger partial charge < -0.3 is 19.3 Å². The summed E-state index contributed by atoms with van der Waals surface area (Å²) in [6.45, 7) is 4.16. The first-order valence-electron chi connectivity index (χ1n) is 5.75. The summed E-state index contributed by atoms with van der Waals surface area (Å²) >= 11 is 0. The highest BCUT2D eigenvalue weighted by Gasteiger charge is 2.18. The molecule has 0 aliphatic heterocycles. The molecular weight excluding hydrogens is 248 g/mol. The van der Waals surface area contributed by atoms with Gasteiger partial charge in [0.2, 0.25) is 0 Å². The van der Waals surface area contributed by atoms with Crippen LogP contribution in [-0.2, 0) is 0 Å². The Kier molecular flexibility index (Phi) is 5.23. The van der Waals surface area contributed by atoms with Gasteiger partial charge in [0.15, 0.2) is 11.5 Å². The van der Waals surface area contributed by atoms with E-state index in [-0.39, 0.29) is 17.9 Å². The van der Waals surface area contributed by atoms with Crippen molar-refractivity contribution in [3.63, 3.8) is 0 Å². The van der Waals surface area contributed by atoms with E-state index in [0.717, 1.165) is 5.57 Å². The number of ether oxygens (including phenoxy) is 3. The van der Waals surface area contributed by atoms with Gasteiger partial charge in [0, 0.05) is 6.07 Å². The van der Waals surface area contributed by atoms with Gasteiger partial charge in [-0.25, -0.2) is 4.79 Å². The van der Waals surface area contributed by atoms with Gasteiger partial charge in [-0.05, 0) is 26.0 Å². The highest BCUT2D eigenvalue weighted by atomic mass is 16.5. The van der Waals surface area contributed by atoms with E-state index in [4.69, 9.17) is 14.2 Å². The van der Waals surface area contributed by atoms with Crippen molar-refractivity contribution in [1.29, 1.82) is 0 Å². The van der Waals surface area contributed by atoms with Crippen LogP contribution in [0.25, 0.3) is 0 Å². The second kappa shape index (κ2) is 6.68. The molecule has 0 amide bonds. The van der Waals surface area contributed by atoms with Crippen LogP contribution in [0.15, 0.2) is 23.8 Å². The van der Waals surface area contributed by atoms with Crippen molar-refractivity contribution in [3.8, 4) is 17.2 Å². The third kappa shape index (κ3) is 3.91. The number of carboxylic acid groups (broad SMARTS) is 1. The maximum Gasteiger partial charge on any atom is 0.339 e. The number of hydrogen-bond donors (Lipinski definition) is 1. The fourth-order valence-electron chi connectivity index (χ4n) is 1.45. The Labute approximate surface area is 112 Å². The van der Waals surface area contributed by atoms with Gasteiger partial charge in [-0.3, -0.25) is 0 Å². The minimum absolute atomic E-state index is 0.0124. The molecule has 0 bridgehead atoms. The molecule has 5 nitrogen and oxygen atoms in total. The van der Waals surface area contributed by atoms with Crippen LogP contribution in [0.4, 0.5) is 0 Å². The molecule has 0 aromatic heterocycles. The molecule has 0 aliphatic rings. The third-order valence-electron chi connectivity index (χ3n) is 2.43. The van der Waals surface area contributed by atoms with Crippen molar-refractivity contribution in [2.75, 3.05) is 20.8 Å². The minimum atomic E-state index is -1.09. The summed E-state index contributed by atoms with van der Waals surface area (Å²) in [5.74, 6) is -0.152. The molecule has 0 atom stereocenters. The first-order chi connectivity index (χ1) is 8.99. The monoisotopic (exact) mass is 266 g/mol. The molecule has 1 N–H and O–H groups in total. The molecule has 1 rings (SSSR count). The molecular formula is C14H18O5. The zero-order valence-corrected chi connectivity index (χ0v) is 11.5. The number of aromatic carboxylic acids is 1. The maximum atomic E-state index is 11.2. The van der Waals surface area contributed by atoms with Crippen LogP contribution in [-0.4, -0.2) is 31.9 Å². The van der Waals surface area contributed by atoms with Gasteiger partial charge in [0.05, 0.1) is 14.2 Å². The Morgan fingerprint density at radius 3 is 2.42 bits per heavy atom. The number of rotatable bonds is 6. The van der Waals surface area contributed by atoms with E-state index in [9.17, 15) is 9.90 Å². The summed E-state index contributed by atoms with van der Waals surface area (Å²) in [6.07, 6.45) is 1.86. The molecule has 0 heterocycles. The summed E-state index contributed by atoms with van der Waals surface area (Å²) in [4.78, 5) is 11.2.